The number of nitrogens with zero attached hydrogens (tertiary/aromatic N) is 3. The Hall–Kier alpha value is -2.30. The molecule has 2 heterocycles. The molecular weight excluding hydrogens is 290 g/mol. The molecule has 1 aromatic heterocycles. The Kier molecular flexibility index (Phi) is 4.11. The van der Waals surface area contributed by atoms with Gasteiger partial charge in [-0.05, 0) is 50.5 Å². The molecule has 1 saturated heterocycles. The van der Waals surface area contributed by atoms with E-state index in [1.807, 2.05) is 48.6 Å². The number of ether oxygens (including phenoxy) is 1. The summed E-state index contributed by atoms with van der Waals surface area (Å²) in [5, 5.41) is 4.46. The van der Waals surface area contributed by atoms with Gasteiger partial charge in [-0.3, -0.25) is 9.48 Å². The highest BCUT2D eigenvalue weighted by Gasteiger charge is 2.33. The summed E-state index contributed by atoms with van der Waals surface area (Å²) in [4.78, 5) is 14.6. The topological polar surface area (TPSA) is 47.4 Å². The number of aryl methyl sites for hydroxylation is 1. The van der Waals surface area contributed by atoms with Crippen molar-refractivity contribution in [3.8, 4) is 5.75 Å². The van der Waals surface area contributed by atoms with Gasteiger partial charge in [0.1, 0.15) is 12.3 Å². The lowest BCUT2D eigenvalue weighted by molar-refractivity contribution is -0.140. The molecule has 1 aromatic carbocycles. The van der Waals surface area contributed by atoms with Crippen molar-refractivity contribution in [1.82, 2.24) is 14.7 Å². The highest BCUT2D eigenvalue weighted by atomic mass is 16.5. The Morgan fingerprint density at radius 2 is 2.13 bits per heavy atom. The van der Waals surface area contributed by atoms with Crippen LogP contribution in [0.5, 0.6) is 5.75 Å². The van der Waals surface area contributed by atoms with E-state index in [0.717, 1.165) is 41.2 Å². The molecule has 3 rings (SSSR count). The number of aromatic nitrogens is 2. The normalized spacial score (nSPS) is 17.0. The molecule has 0 radical (unpaired) electrons. The molecule has 1 amide bonds. The first kappa shape index (κ1) is 15.6. The molecule has 5 heteroatoms. The standard InChI is InChI=1S/C18H23N3O2/c1-12-13(2)19-21(14(12)3)11-18(22)20-9-8-17(20)15-6-5-7-16(10-15)23-4/h5-7,10,17H,8-9,11H2,1-4H3. The Balaban J connectivity index is 1.73. The van der Waals surface area contributed by atoms with E-state index < -0.39 is 0 Å². The number of hydrogen-bond donors (Lipinski definition) is 0. The van der Waals surface area contributed by atoms with E-state index in [1.165, 1.54) is 0 Å². The summed E-state index contributed by atoms with van der Waals surface area (Å²) < 4.78 is 7.09. The predicted molar refractivity (Wildman–Crippen MR) is 88.5 cm³/mol. The van der Waals surface area contributed by atoms with Crippen molar-refractivity contribution < 1.29 is 9.53 Å². The zero-order chi connectivity index (χ0) is 16.6. The molecule has 0 saturated carbocycles. The fourth-order valence-electron chi connectivity index (χ4n) is 3.04. The number of rotatable bonds is 4. The van der Waals surface area contributed by atoms with Gasteiger partial charge >= 0.3 is 0 Å². The van der Waals surface area contributed by atoms with Crippen molar-refractivity contribution in [3.63, 3.8) is 0 Å². The molecule has 1 aliphatic heterocycles. The van der Waals surface area contributed by atoms with Crippen molar-refractivity contribution in [2.24, 2.45) is 0 Å². The first-order chi connectivity index (χ1) is 11.0. The number of benzene rings is 1. The Morgan fingerprint density at radius 1 is 1.35 bits per heavy atom. The Bertz CT molecular complexity index is 736. The molecule has 1 atom stereocenters. The highest BCUT2D eigenvalue weighted by molar-refractivity contribution is 5.77. The van der Waals surface area contributed by atoms with Gasteiger partial charge in [-0.25, -0.2) is 0 Å². The smallest absolute Gasteiger partial charge is 0.244 e. The van der Waals surface area contributed by atoms with Crippen LogP contribution in [0.25, 0.3) is 0 Å². The Labute approximate surface area is 136 Å². The molecule has 0 bridgehead atoms. The van der Waals surface area contributed by atoms with Crippen LogP contribution in [-0.2, 0) is 11.3 Å². The summed E-state index contributed by atoms with van der Waals surface area (Å²) in [5.74, 6) is 0.950. The summed E-state index contributed by atoms with van der Waals surface area (Å²) in [7, 11) is 1.66. The van der Waals surface area contributed by atoms with Crippen LogP contribution in [0.3, 0.4) is 0 Å². The SMILES string of the molecule is COc1cccc(C2CCN2C(=O)Cn2nc(C)c(C)c2C)c1. The maximum atomic E-state index is 12.6. The monoisotopic (exact) mass is 313 g/mol. The average Bonchev–Trinajstić information content (AvgIpc) is 2.73. The molecule has 1 unspecified atom stereocenters. The first-order valence-electron chi connectivity index (χ1n) is 7.95. The second-order valence-corrected chi connectivity index (χ2v) is 6.12. The van der Waals surface area contributed by atoms with Gasteiger partial charge in [0.25, 0.3) is 0 Å². The van der Waals surface area contributed by atoms with E-state index in [4.69, 9.17) is 4.74 Å². The van der Waals surface area contributed by atoms with Crippen molar-refractivity contribution >= 4 is 5.91 Å². The third-order valence-electron chi connectivity index (χ3n) is 4.85. The van der Waals surface area contributed by atoms with Crippen molar-refractivity contribution in [2.45, 2.75) is 39.8 Å². The second kappa shape index (κ2) is 6.07. The van der Waals surface area contributed by atoms with E-state index in [2.05, 4.69) is 11.2 Å². The number of amides is 1. The van der Waals surface area contributed by atoms with Gasteiger partial charge in [0.05, 0.1) is 18.8 Å². The van der Waals surface area contributed by atoms with E-state index >= 15 is 0 Å². The fraction of sp³-hybridized carbons (Fsp3) is 0.444. The van der Waals surface area contributed by atoms with Gasteiger partial charge in [-0.15, -0.1) is 0 Å². The van der Waals surface area contributed by atoms with Gasteiger partial charge in [-0.1, -0.05) is 12.1 Å². The lowest BCUT2D eigenvalue weighted by atomic mass is 9.94. The molecule has 5 nitrogen and oxygen atoms in total. The van der Waals surface area contributed by atoms with E-state index in [1.54, 1.807) is 7.11 Å². The molecule has 0 N–H and O–H groups in total. The zero-order valence-corrected chi connectivity index (χ0v) is 14.2. The largest absolute Gasteiger partial charge is 0.497 e. The van der Waals surface area contributed by atoms with Crippen LogP contribution < -0.4 is 4.74 Å². The van der Waals surface area contributed by atoms with Crippen molar-refractivity contribution in [1.29, 1.82) is 0 Å². The van der Waals surface area contributed by atoms with Crippen LogP contribution in [-0.4, -0.2) is 34.2 Å². The number of carbonyl (C=O) groups excluding carboxylic acids is 1. The number of methoxy groups -OCH3 is 1. The van der Waals surface area contributed by atoms with Gasteiger partial charge in [0.2, 0.25) is 5.91 Å². The van der Waals surface area contributed by atoms with Gasteiger partial charge in [-0.2, -0.15) is 5.10 Å². The van der Waals surface area contributed by atoms with Crippen LogP contribution in [0, 0.1) is 20.8 Å². The third-order valence-corrected chi connectivity index (χ3v) is 4.85. The summed E-state index contributed by atoms with van der Waals surface area (Å²) in [5.41, 5.74) is 4.34. The van der Waals surface area contributed by atoms with Gasteiger partial charge in [0, 0.05) is 12.2 Å². The van der Waals surface area contributed by atoms with Gasteiger partial charge in [0.15, 0.2) is 0 Å². The minimum absolute atomic E-state index is 0.120. The molecule has 0 aliphatic carbocycles. The van der Waals surface area contributed by atoms with Gasteiger partial charge < -0.3 is 9.64 Å². The zero-order valence-electron chi connectivity index (χ0n) is 14.2. The Morgan fingerprint density at radius 3 is 2.70 bits per heavy atom. The second-order valence-electron chi connectivity index (χ2n) is 6.12. The lowest BCUT2D eigenvalue weighted by Crippen LogP contribution is -2.46. The molecule has 23 heavy (non-hydrogen) atoms. The van der Waals surface area contributed by atoms with Crippen molar-refractivity contribution in [3.05, 3.63) is 46.8 Å². The average molecular weight is 313 g/mol. The van der Waals surface area contributed by atoms with Crippen LogP contribution >= 0.6 is 0 Å². The molecule has 122 valence electrons. The van der Waals surface area contributed by atoms with Crippen LogP contribution in [0.15, 0.2) is 24.3 Å². The van der Waals surface area contributed by atoms with E-state index in [-0.39, 0.29) is 11.9 Å². The first-order valence-corrected chi connectivity index (χ1v) is 7.95. The summed E-state index contributed by atoms with van der Waals surface area (Å²) in [6.45, 7) is 7.14. The van der Waals surface area contributed by atoms with Crippen LogP contribution in [0.2, 0.25) is 0 Å². The summed E-state index contributed by atoms with van der Waals surface area (Å²) >= 11 is 0. The fourth-order valence-corrected chi connectivity index (χ4v) is 3.04. The summed E-state index contributed by atoms with van der Waals surface area (Å²) in [6, 6.07) is 8.11. The molecule has 0 spiro atoms. The maximum absolute atomic E-state index is 12.6. The highest BCUT2D eigenvalue weighted by Crippen LogP contribution is 2.34. The molecule has 1 aliphatic rings. The van der Waals surface area contributed by atoms with E-state index in [9.17, 15) is 4.79 Å². The third kappa shape index (κ3) is 2.83. The minimum Gasteiger partial charge on any atom is -0.497 e. The van der Waals surface area contributed by atoms with Crippen LogP contribution in [0.1, 0.15) is 35.0 Å². The maximum Gasteiger partial charge on any atom is 0.244 e. The molecular formula is C18H23N3O2. The minimum atomic E-state index is 0.120. The van der Waals surface area contributed by atoms with E-state index in [0.29, 0.717) is 6.54 Å². The number of hydrogen-bond acceptors (Lipinski definition) is 3. The lowest BCUT2D eigenvalue weighted by Gasteiger charge is -2.41. The summed E-state index contributed by atoms with van der Waals surface area (Å²) in [6.07, 6.45) is 0.995. The van der Waals surface area contributed by atoms with Crippen molar-refractivity contribution in [2.75, 3.05) is 13.7 Å². The molecule has 1 fully saturated rings. The number of likely N-dealkylation sites (tertiary alicyclic amines) is 1. The quantitative estimate of drug-likeness (QED) is 0.872. The predicted octanol–water partition coefficient (Wildman–Crippen LogP) is 2.79. The molecule has 2 aromatic rings. The number of carbonyl (C=O) groups is 1. The van der Waals surface area contributed by atoms with Crippen LogP contribution in [0.4, 0.5) is 0 Å².